The fourth-order valence-corrected chi connectivity index (χ4v) is 2.27. The Hall–Kier alpha value is -2.17. The van der Waals surface area contributed by atoms with Gasteiger partial charge in [-0.25, -0.2) is 0 Å². The highest BCUT2D eigenvalue weighted by atomic mass is 16.5. The van der Waals surface area contributed by atoms with Crippen LogP contribution in [0.3, 0.4) is 0 Å². The first-order valence-corrected chi connectivity index (χ1v) is 7.62. The van der Waals surface area contributed by atoms with Crippen molar-refractivity contribution in [1.82, 2.24) is 10.2 Å². The number of nitrogens with zero attached hydrogens (tertiary/aromatic N) is 1. The van der Waals surface area contributed by atoms with Gasteiger partial charge in [0.15, 0.2) is 11.5 Å². The zero-order chi connectivity index (χ0) is 16.3. The standard InChI is InChI=1S/C17H25N3O2/c1-6-21-14-9-11(17(3,4)5)8-12(16(14)22-7-2)13-10-15(18)20-19-13/h8-10H,6-7H2,1-5H3,(H3,18,19,20). The van der Waals surface area contributed by atoms with Gasteiger partial charge >= 0.3 is 0 Å². The number of nitrogens with two attached hydrogens (primary N) is 1. The van der Waals surface area contributed by atoms with Crippen molar-refractivity contribution in [2.45, 2.75) is 40.0 Å². The van der Waals surface area contributed by atoms with E-state index in [-0.39, 0.29) is 5.41 Å². The molecular formula is C17H25N3O2. The molecule has 0 saturated heterocycles. The molecule has 5 heteroatoms. The van der Waals surface area contributed by atoms with Gasteiger partial charge in [-0.05, 0) is 37.0 Å². The number of H-pyrrole nitrogens is 1. The minimum absolute atomic E-state index is 0.00306. The van der Waals surface area contributed by atoms with Gasteiger partial charge in [-0.3, -0.25) is 5.10 Å². The molecule has 0 fully saturated rings. The minimum atomic E-state index is -0.00306. The van der Waals surface area contributed by atoms with Gasteiger partial charge in [0.1, 0.15) is 5.82 Å². The highest BCUT2D eigenvalue weighted by molar-refractivity contribution is 5.74. The van der Waals surface area contributed by atoms with Gasteiger partial charge in [-0.15, -0.1) is 0 Å². The van der Waals surface area contributed by atoms with E-state index in [1.165, 1.54) is 5.56 Å². The predicted octanol–water partition coefficient (Wildman–Crippen LogP) is 3.75. The molecule has 120 valence electrons. The highest BCUT2D eigenvalue weighted by Gasteiger charge is 2.22. The molecule has 0 unspecified atom stereocenters. The fourth-order valence-electron chi connectivity index (χ4n) is 2.27. The van der Waals surface area contributed by atoms with Crippen LogP contribution in [0.25, 0.3) is 11.3 Å². The normalized spacial score (nSPS) is 11.5. The van der Waals surface area contributed by atoms with E-state index in [0.29, 0.717) is 19.0 Å². The molecule has 2 aromatic rings. The number of benzene rings is 1. The van der Waals surface area contributed by atoms with Crippen molar-refractivity contribution in [3.8, 4) is 22.8 Å². The van der Waals surface area contributed by atoms with Crippen LogP contribution in [0.1, 0.15) is 40.2 Å². The maximum atomic E-state index is 5.84. The van der Waals surface area contributed by atoms with E-state index >= 15 is 0 Å². The maximum absolute atomic E-state index is 5.84. The summed E-state index contributed by atoms with van der Waals surface area (Å²) in [5, 5.41) is 6.98. The third-order valence-corrected chi connectivity index (χ3v) is 3.40. The molecule has 0 radical (unpaired) electrons. The lowest BCUT2D eigenvalue weighted by Crippen LogP contribution is -2.12. The van der Waals surface area contributed by atoms with Gasteiger partial charge in [0.05, 0.1) is 18.9 Å². The second-order valence-electron chi connectivity index (χ2n) is 6.17. The lowest BCUT2D eigenvalue weighted by molar-refractivity contribution is 0.288. The topological polar surface area (TPSA) is 73.2 Å². The summed E-state index contributed by atoms with van der Waals surface area (Å²) < 4.78 is 11.6. The van der Waals surface area contributed by atoms with Crippen molar-refractivity contribution >= 4 is 5.82 Å². The van der Waals surface area contributed by atoms with Crippen molar-refractivity contribution in [2.24, 2.45) is 0 Å². The van der Waals surface area contributed by atoms with E-state index in [2.05, 4.69) is 43.1 Å². The first-order chi connectivity index (χ1) is 10.4. The molecule has 1 aromatic heterocycles. The van der Waals surface area contributed by atoms with Crippen LogP contribution >= 0.6 is 0 Å². The molecule has 0 aliphatic carbocycles. The molecule has 1 aromatic carbocycles. The first kappa shape index (κ1) is 16.2. The van der Waals surface area contributed by atoms with Gasteiger partial charge in [0.25, 0.3) is 0 Å². The smallest absolute Gasteiger partial charge is 0.170 e. The summed E-state index contributed by atoms with van der Waals surface area (Å²) in [5.74, 6) is 1.93. The molecule has 3 N–H and O–H groups in total. The molecule has 0 amide bonds. The Balaban J connectivity index is 2.68. The number of rotatable bonds is 5. The zero-order valence-corrected chi connectivity index (χ0v) is 14.0. The van der Waals surface area contributed by atoms with Gasteiger partial charge in [0, 0.05) is 11.6 Å². The van der Waals surface area contributed by atoms with Gasteiger partial charge in [-0.1, -0.05) is 20.8 Å². The van der Waals surface area contributed by atoms with Crippen LogP contribution in [0.15, 0.2) is 18.2 Å². The molecule has 5 nitrogen and oxygen atoms in total. The summed E-state index contributed by atoms with van der Waals surface area (Å²) in [5.41, 5.74) is 8.66. The Bertz CT molecular complexity index is 642. The van der Waals surface area contributed by atoms with E-state index in [0.717, 1.165) is 22.8 Å². The maximum Gasteiger partial charge on any atom is 0.170 e. The SMILES string of the molecule is CCOc1cc(C(C)(C)C)cc(-c2cc(N)n[nH]2)c1OCC. The third-order valence-electron chi connectivity index (χ3n) is 3.40. The van der Waals surface area contributed by atoms with Crippen LogP contribution in [0.2, 0.25) is 0 Å². The third kappa shape index (κ3) is 3.35. The molecule has 0 spiro atoms. The second-order valence-corrected chi connectivity index (χ2v) is 6.17. The van der Waals surface area contributed by atoms with E-state index in [4.69, 9.17) is 15.2 Å². The Labute approximate surface area is 131 Å². The number of hydrogen-bond acceptors (Lipinski definition) is 4. The second kappa shape index (κ2) is 6.30. The van der Waals surface area contributed by atoms with Crippen LogP contribution in [0, 0.1) is 0 Å². The quantitative estimate of drug-likeness (QED) is 0.882. The summed E-state index contributed by atoms with van der Waals surface area (Å²) in [4.78, 5) is 0. The van der Waals surface area contributed by atoms with Crippen LogP contribution in [0.4, 0.5) is 5.82 Å². The molecule has 0 aliphatic heterocycles. The molecule has 0 aliphatic rings. The summed E-state index contributed by atoms with van der Waals surface area (Å²) in [6.07, 6.45) is 0. The highest BCUT2D eigenvalue weighted by Crippen LogP contribution is 2.42. The van der Waals surface area contributed by atoms with E-state index in [1.807, 2.05) is 13.8 Å². The number of ether oxygens (including phenoxy) is 2. The van der Waals surface area contributed by atoms with Gasteiger partial charge in [0.2, 0.25) is 0 Å². The van der Waals surface area contributed by atoms with E-state index < -0.39 is 0 Å². The first-order valence-electron chi connectivity index (χ1n) is 7.62. The van der Waals surface area contributed by atoms with Crippen molar-refractivity contribution < 1.29 is 9.47 Å². The van der Waals surface area contributed by atoms with Crippen LogP contribution in [-0.4, -0.2) is 23.4 Å². The van der Waals surface area contributed by atoms with Crippen LogP contribution in [-0.2, 0) is 5.41 Å². The number of aromatic nitrogens is 2. The number of hydrogen-bond donors (Lipinski definition) is 2. The Morgan fingerprint density at radius 2 is 1.77 bits per heavy atom. The van der Waals surface area contributed by atoms with Crippen LogP contribution in [0.5, 0.6) is 11.5 Å². The van der Waals surface area contributed by atoms with Crippen molar-refractivity contribution in [1.29, 1.82) is 0 Å². The number of anilines is 1. The van der Waals surface area contributed by atoms with Crippen LogP contribution < -0.4 is 15.2 Å². The number of nitrogens with one attached hydrogen (secondary N) is 1. The van der Waals surface area contributed by atoms with E-state index in [1.54, 1.807) is 6.07 Å². The summed E-state index contributed by atoms with van der Waals surface area (Å²) in [6.45, 7) is 11.6. The average Bonchev–Trinajstić information content (AvgIpc) is 2.86. The van der Waals surface area contributed by atoms with E-state index in [9.17, 15) is 0 Å². The minimum Gasteiger partial charge on any atom is -0.490 e. The average molecular weight is 303 g/mol. The molecule has 0 atom stereocenters. The van der Waals surface area contributed by atoms with Gasteiger partial charge < -0.3 is 15.2 Å². The van der Waals surface area contributed by atoms with Crippen molar-refractivity contribution in [3.05, 3.63) is 23.8 Å². The van der Waals surface area contributed by atoms with Crippen molar-refractivity contribution in [3.63, 3.8) is 0 Å². The monoisotopic (exact) mass is 303 g/mol. The largest absolute Gasteiger partial charge is 0.490 e. The molecule has 22 heavy (non-hydrogen) atoms. The Morgan fingerprint density at radius 1 is 1.09 bits per heavy atom. The predicted molar refractivity (Wildman–Crippen MR) is 89.5 cm³/mol. The Kier molecular flexibility index (Phi) is 4.64. The summed E-state index contributed by atoms with van der Waals surface area (Å²) in [7, 11) is 0. The van der Waals surface area contributed by atoms with Crippen molar-refractivity contribution in [2.75, 3.05) is 18.9 Å². The molecule has 2 rings (SSSR count). The number of nitrogen functional groups attached to an aromatic ring is 1. The summed E-state index contributed by atoms with van der Waals surface area (Å²) in [6, 6.07) is 5.97. The van der Waals surface area contributed by atoms with Gasteiger partial charge in [-0.2, -0.15) is 5.10 Å². The molecule has 0 bridgehead atoms. The lowest BCUT2D eigenvalue weighted by atomic mass is 9.85. The number of aromatic amines is 1. The zero-order valence-electron chi connectivity index (χ0n) is 14.0. The lowest BCUT2D eigenvalue weighted by Gasteiger charge is -2.23. The summed E-state index contributed by atoms with van der Waals surface area (Å²) >= 11 is 0. The fraction of sp³-hybridized carbons (Fsp3) is 0.471. The molecule has 0 saturated carbocycles. The Morgan fingerprint density at radius 3 is 2.27 bits per heavy atom. The molecule has 1 heterocycles. The molecular weight excluding hydrogens is 278 g/mol.